The maximum absolute atomic E-state index is 12.0. The molecule has 2 aromatic rings. The summed E-state index contributed by atoms with van der Waals surface area (Å²) in [5.74, 6) is 0.237. The zero-order valence-corrected chi connectivity index (χ0v) is 16.9. The summed E-state index contributed by atoms with van der Waals surface area (Å²) in [7, 11) is 0. The van der Waals surface area contributed by atoms with Crippen molar-refractivity contribution >= 4 is 40.8 Å². The van der Waals surface area contributed by atoms with E-state index in [2.05, 4.69) is 10.1 Å². The SMILES string of the molecule is CCC(=O)OC(C(Oc1ccc(Cl)cc1Cl)n1cncn1)C(C)(C)CCl. The summed E-state index contributed by atoms with van der Waals surface area (Å²) in [6.45, 7) is 5.48. The van der Waals surface area contributed by atoms with Gasteiger partial charge in [0.25, 0.3) is 0 Å². The Hall–Kier alpha value is -1.50. The van der Waals surface area contributed by atoms with Crippen LogP contribution >= 0.6 is 34.8 Å². The van der Waals surface area contributed by atoms with Gasteiger partial charge in [-0.3, -0.25) is 4.79 Å². The second-order valence-electron chi connectivity index (χ2n) is 6.34. The van der Waals surface area contributed by atoms with Crippen LogP contribution in [0, 0.1) is 5.41 Å². The smallest absolute Gasteiger partial charge is 0.306 e. The molecule has 0 saturated heterocycles. The number of rotatable bonds is 8. The molecule has 0 fully saturated rings. The van der Waals surface area contributed by atoms with Gasteiger partial charge in [-0.2, -0.15) is 5.10 Å². The van der Waals surface area contributed by atoms with Gasteiger partial charge in [0.1, 0.15) is 18.4 Å². The first kappa shape index (κ1) is 20.8. The van der Waals surface area contributed by atoms with Crippen molar-refractivity contribution < 1.29 is 14.3 Å². The van der Waals surface area contributed by atoms with Crippen molar-refractivity contribution in [3.8, 4) is 5.75 Å². The average Bonchev–Trinajstić information content (AvgIpc) is 3.13. The van der Waals surface area contributed by atoms with Crippen LogP contribution < -0.4 is 4.74 Å². The van der Waals surface area contributed by atoms with Crippen molar-refractivity contribution in [3.63, 3.8) is 0 Å². The molecule has 6 nitrogen and oxygen atoms in total. The van der Waals surface area contributed by atoms with E-state index in [1.807, 2.05) is 13.8 Å². The van der Waals surface area contributed by atoms with Crippen LogP contribution in [0.25, 0.3) is 0 Å². The predicted molar refractivity (Wildman–Crippen MR) is 101 cm³/mol. The molecule has 26 heavy (non-hydrogen) atoms. The molecule has 2 atom stereocenters. The molecular formula is C17H20Cl3N3O3. The predicted octanol–water partition coefficient (Wildman–Crippen LogP) is 4.75. The quantitative estimate of drug-likeness (QED) is 0.455. The zero-order valence-electron chi connectivity index (χ0n) is 14.7. The lowest BCUT2D eigenvalue weighted by atomic mass is 9.87. The van der Waals surface area contributed by atoms with E-state index >= 15 is 0 Å². The normalized spacial score (nSPS) is 13.9. The van der Waals surface area contributed by atoms with Crippen LogP contribution in [0.3, 0.4) is 0 Å². The first-order chi connectivity index (χ1) is 12.3. The molecular weight excluding hydrogens is 401 g/mol. The van der Waals surface area contributed by atoms with E-state index in [1.54, 1.807) is 25.1 Å². The Balaban J connectivity index is 2.45. The number of alkyl halides is 1. The van der Waals surface area contributed by atoms with Crippen molar-refractivity contribution in [2.45, 2.75) is 39.5 Å². The lowest BCUT2D eigenvalue weighted by molar-refractivity contribution is -0.168. The number of carbonyl (C=O) groups is 1. The monoisotopic (exact) mass is 419 g/mol. The van der Waals surface area contributed by atoms with Gasteiger partial charge in [-0.1, -0.05) is 44.0 Å². The third-order valence-electron chi connectivity index (χ3n) is 3.76. The van der Waals surface area contributed by atoms with E-state index < -0.39 is 17.7 Å². The minimum atomic E-state index is -0.819. The summed E-state index contributed by atoms with van der Waals surface area (Å²) in [5, 5.41) is 4.95. The van der Waals surface area contributed by atoms with E-state index in [9.17, 15) is 4.79 Å². The second-order valence-corrected chi connectivity index (χ2v) is 7.46. The number of aromatic nitrogens is 3. The van der Waals surface area contributed by atoms with Gasteiger partial charge in [-0.15, -0.1) is 11.6 Å². The summed E-state index contributed by atoms with van der Waals surface area (Å²) in [4.78, 5) is 16.0. The third-order valence-corrected chi connectivity index (χ3v) is 4.98. The minimum absolute atomic E-state index is 0.223. The van der Waals surface area contributed by atoms with Crippen LogP contribution in [-0.4, -0.2) is 32.7 Å². The molecule has 0 radical (unpaired) electrons. The van der Waals surface area contributed by atoms with Crippen LogP contribution in [0.1, 0.15) is 33.4 Å². The number of hydrogen-bond donors (Lipinski definition) is 0. The molecule has 0 spiro atoms. The number of carbonyl (C=O) groups excluding carboxylic acids is 1. The van der Waals surface area contributed by atoms with Gasteiger partial charge in [-0.05, 0) is 18.2 Å². The van der Waals surface area contributed by atoms with Crippen molar-refractivity contribution in [1.82, 2.24) is 14.8 Å². The summed E-state index contributed by atoms with van der Waals surface area (Å²) in [6.07, 6.45) is 1.51. The minimum Gasteiger partial charge on any atom is -0.463 e. The summed E-state index contributed by atoms with van der Waals surface area (Å²) < 4.78 is 13.2. The van der Waals surface area contributed by atoms with Crippen LogP contribution in [0.4, 0.5) is 0 Å². The highest BCUT2D eigenvalue weighted by atomic mass is 35.5. The van der Waals surface area contributed by atoms with Gasteiger partial charge in [0.15, 0.2) is 6.10 Å². The number of esters is 1. The molecule has 0 N–H and O–H groups in total. The van der Waals surface area contributed by atoms with E-state index in [-0.39, 0.29) is 18.3 Å². The molecule has 0 aliphatic carbocycles. The lowest BCUT2D eigenvalue weighted by Crippen LogP contribution is -2.44. The molecule has 142 valence electrons. The van der Waals surface area contributed by atoms with Crippen LogP contribution in [0.2, 0.25) is 10.0 Å². The topological polar surface area (TPSA) is 66.2 Å². The van der Waals surface area contributed by atoms with Gasteiger partial charge in [0, 0.05) is 22.7 Å². The molecule has 1 aromatic heterocycles. The Labute approximate surface area is 167 Å². The van der Waals surface area contributed by atoms with Crippen molar-refractivity contribution in [3.05, 3.63) is 40.9 Å². The Morgan fingerprint density at radius 2 is 2.08 bits per heavy atom. The number of nitrogens with zero attached hydrogens (tertiary/aromatic N) is 3. The molecule has 0 saturated carbocycles. The molecule has 0 aliphatic heterocycles. The van der Waals surface area contributed by atoms with Crippen LogP contribution in [0.5, 0.6) is 5.75 Å². The van der Waals surface area contributed by atoms with Crippen molar-refractivity contribution in [2.75, 3.05) is 5.88 Å². The van der Waals surface area contributed by atoms with Gasteiger partial charge < -0.3 is 9.47 Å². The van der Waals surface area contributed by atoms with Crippen molar-refractivity contribution in [2.24, 2.45) is 5.41 Å². The van der Waals surface area contributed by atoms with Crippen molar-refractivity contribution in [1.29, 1.82) is 0 Å². The van der Waals surface area contributed by atoms with E-state index in [4.69, 9.17) is 44.3 Å². The lowest BCUT2D eigenvalue weighted by Gasteiger charge is -2.37. The standard InChI is InChI=1S/C17H20Cl3N3O3/c1-4-14(24)26-15(17(2,3)8-18)16(23-10-21-9-22-23)25-13-6-5-11(19)7-12(13)20/h5-7,9-10,15-16H,4,8H2,1-3H3. The van der Waals surface area contributed by atoms with Crippen LogP contribution in [0.15, 0.2) is 30.9 Å². The molecule has 0 aliphatic rings. The first-order valence-electron chi connectivity index (χ1n) is 7.99. The number of halogens is 3. The van der Waals surface area contributed by atoms with E-state index in [0.29, 0.717) is 15.8 Å². The Morgan fingerprint density at radius 1 is 1.35 bits per heavy atom. The fourth-order valence-electron chi connectivity index (χ4n) is 2.21. The molecule has 9 heteroatoms. The van der Waals surface area contributed by atoms with E-state index in [1.165, 1.54) is 17.3 Å². The highest BCUT2D eigenvalue weighted by molar-refractivity contribution is 6.35. The first-order valence-corrected chi connectivity index (χ1v) is 9.28. The number of ether oxygens (including phenoxy) is 2. The van der Waals surface area contributed by atoms with Gasteiger partial charge in [-0.25, -0.2) is 9.67 Å². The molecule has 1 heterocycles. The summed E-state index contributed by atoms with van der Waals surface area (Å²) in [6, 6.07) is 4.86. The number of hydrogen-bond acceptors (Lipinski definition) is 5. The summed E-state index contributed by atoms with van der Waals surface area (Å²) >= 11 is 18.3. The molecule has 2 rings (SSSR count). The van der Waals surface area contributed by atoms with Crippen LogP contribution in [-0.2, 0) is 9.53 Å². The van der Waals surface area contributed by atoms with E-state index in [0.717, 1.165) is 0 Å². The molecule has 2 unspecified atom stereocenters. The maximum atomic E-state index is 12.0. The number of benzene rings is 1. The Bertz CT molecular complexity index is 738. The Morgan fingerprint density at radius 3 is 2.62 bits per heavy atom. The zero-order chi connectivity index (χ0) is 19.3. The fraction of sp³-hybridized carbons (Fsp3) is 0.471. The summed E-state index contributed by atoms with van der Waals surface area (Å²) in [5.41, 5.74) is -0.609. The second kappa shape index (κ2) is 8.93. The molecule has 0 amide bonds. The third kappa shape index (κ3) is 5.02. The largest absolute Gasteiger partial charge is 0.463 e. The molecule has 1 aromatic carbocycles. The fourth-order valence-corrected chi connectivity index (χ4v) is 2.81. The average molecular weight is 421 g/mol. The maximum Gasteiger partial charge on any atom is 0.306 e. The van der Waals surface area contributed by atoms with Gasteiger partial charge >= 0.3 is 5.97 Å². The van der Waals surface area contributed by atoms with Gasteiger partial charge in [0.05, 0.1) is 5.02 Å². The molecule has 0 bridgehead atoms. The Kier molecular flexibility index (Phi) is 7.15. The van der Waals surface area contributed by atoms with Gasteiger partial charge in [0.2, 0.25) is 6.23 Å². The highest BCUT2D eigenvalue weighted by Crippen LogP contribution is 2.37. The highest BCUT2D eigenvalue weighted by Gasteiger charge is 2.41.